The maximum atomic E-state index is 6.02. The summed E-state index contributed by atoms with van der Waals surface area (Å²) in [5, 5.41) is 4.18. The maximum absolute atomic E-state index is 6.02. The molecule has 1 aliphatic rings. The van der Waals surface area contributed by atoms with E-state index in [0.29, 0.717) is 24.0 Å². The molecular formula is C16H21N3O2. The van der Waals surface area contributed by atoms with Crippen LogP contribution in [0.15, 0.2) is 28.8 Å². The highest BCUT2D eigenvalue weighted by Gasteiger charge is 2.39. The lowest BCUT2D eigenvalue weighted by atomic mass is 9.84. The molecule has 1 aliphatic carbocycles. The summed E-state index contributed by atoms with van der Waals surface area (Å²) < 4.78 is 11.5. The number of nitrogen functional groups attached to an aromatic ring is 1. The lowest BCUT2D eigenvalue weighted by molar-refractivity contribution is -0.0777. The summed E-state index contributed by atoms with van der Waals surface area (Å²) in [6.45, 7) is 2.66. The van der Waals surface area contributed by atoms with E-state index in [0.717, 1.165) is 31.2 Å². The van der Waals surface area contributed by atoms with E-state index in [1.807, 2.05) is 31.2 Å². The monoisotopic (exact) mass is 287 g/mol. The second-order valence-corrected chi connectivity index (χ2v) is 5.50. The summed E-state index contributed by atoms with van der Waals surface area (Å²) in [6.07, 6.45) is 5.41. The van der Waals surface area contributed by atoms with E-state index in [9.17, 15) is 0 Å². The molecule has 112 valence electrons. The van der Waals surface area contributed by atoms with Gasteiger partial charge < -0.3 is 15.0 Å². The van der Waals surface area contributed by atoms with Crippen molar-refractivity contribution in [1.29, 1.82) is 0 Å². The van der Waals surface area contributed by atoms with Crippen molar-refractivity contribution in [3.8, 4) is 11.5 Å². The van der Waals surface area contributed by atoms with E-state index in [2.05, 4.69) is 10.1 Å². The van der Waals surface area contributed by atoms with E-state index in [4.69, 9.17) is 15.0 Å². The van der Waals surface area contributed by atoms with Crippen LogP contribution >= 0.6 is 0 Å². The average molecular weight is 287 g/mol. The number of hydrogen-bond acceptors (Lipinski definition) is 5. The van der Waals surface area contributed by atoms with Gasteiger partial charge in [-0.15, -0.1) is 0 Å². The predicted molar refractivity (Wildman–Crippen MR) is 80.5 cm³/mol. The molecule has 0 bridgehead atoms. The number of ether oxygens (including phenoxy) is 1. The molecule has 1 fully saturated rings. The van der Waals surface area contributed by atoms with Gasteiger partial charge in [-0.25, -0.2) is 0 Å². The van der Waals surface area contributed by atoms with Gasteiger partial charge in [0.1, 0.15) is 5.60 Å². The lowest BCUT2D eigenvalue weighted by Gasteiger charge is -2.33. The Kier molecular flexibility index (Phi) is 3.92. The Morgan fingerprint density at radius 1 is 1.24 bits per heavy atom. The zero-order valence-electron chi connectivity index (χ0n) is 12.3. The van der Waals surface area contributed by atoms with Crippen LogP contribution in [0.4, 0.5) is 5.69 Å². The van der Waals surface area contributed by atoms with Crippen LogP contribution < -0.4 is 5.73 Å². The van der Waals surface area contributed by atoms with Crippen molar-refractivity contribution in [3.05, 3.63) is 30.1 Å². The van der Waals surface area contributed by atoms with Crippen molar-refractivity contribution in [3.63, 3.8) is 0 Å². The number of aromatic nitrogens is 2. The number of nitrogens with zero attached hydrogens (tertiary/aromatic N) is 2. The first-order valence-corrected chi connectivity index (χ1v) is 7.58. The maximum Gasteiger partial charge on any atom is 0.260 e. The highest BCUT2D eigenvalue weighted by molar-refractivity contribution is 5.69. The summed E-state index contributed by atoms with van der Waals surface area (Å²) in [6, 6.07) is 7.52. The molecule has 2 aromatic rings. The van der Waals surface area contributed by atoms with Gasteiger partial charge in [-0.05, 0) is 31.9 Å². The van der Waals surface area contributed by atoms with Gasteiger partial charge in [0.2, 0.25) is 5.82 Å². The van der Waals surface area contributed by atoms with Crippen LogP contribution in [0.2, 0.25) is 0 Å². The van der Waals surface area contributed by atoms with Crippen LogP contribution in [0.3, 0.4) is 0 Å². The number of nitrogens with two attached hydrogens (primary N) is 1. The number of benzene rings is 1. The third kappa shape index (κ3) is 2.65. The van der Waals surface area contributed by atoms with Crippen LogP contribution in [0, 0.1) is 0 Å². The Hall–Kier alpha value is -1.88. The van der Waals surface area contributed by atoms with Crippen molar-refractivity contribution in [2.45, 2.75) is 44.6 Å². The normalized spacial score (nSPS) is 17.8. The summed E-state index contributed by atoms with van der Waals surface area (Å²) in [5.41, 5.74) is 7.00. The molecule has 5 heteroatoms. The summed E-state index contributed by atoms with van der Waals surface area (Å²) in [4.78, 5) is 4.57. The third-order valence-electron chi connectivity index (χ3n) is 4.11. The van der Waals surface area contributed by atoms with Gasteiger partial charge in [-0.1, -0.05) is 36.6 Å². The molecular weight excluding hydrogens is 266 g/mol. The summed E-state index contributed by atoms with van der Waals surface area (Å²) in [5.74, 6) is 1.12. The number of anilines is 1. The lowest BCUT2D eigenvalue weighted by Crippen LogP contribution is -2.33. The van der Waals surface area contributed by atoms with E-state index in [-0.39, 0.29) is 0 Å². The van der Waals surface area contributed by atoms with Crippen LogP contribution in [0.25, 0.3) is 11.5 Å². The van der Waals surface area contributed by atoms with E-state index in [1.165, 1.54) is 6.42 Å². The van der Waals surface area contributed by atoms with Gasteiger partial charge in [0, 0.05) is 12.3 Å². The van der Waals surface area contributed by atoms with Crippen molar-refractivity contribution in [2.75, 3.05) is 12.3 Å². The molecule has 0 saturated heterocycles. The minimum Gasteiger partial charge on any atom is -0.398 e. The molecule has 21 heavy (non-hydrogen) atoms. The van der Waals surface area contributed by atoms with Gasteiger partial charge in [0.05, 0.1) is 5.56 Å². The zero-order valence-corrected chi connectivity index (χ0v) is 12.3. The summed E-state index contributed by atoms with van der Waals surface area (Å²) >= 11 is 0. The Balaban J connectivity index is 1.94. The predicted octanol–water partition coefficient (Wildman–Crippen LogP) is 3.51. The number of hydrogen-bond donors (Lipinski definition) is 1. The SMILES string of the molecule is CCOC1(c2noc(-c3ccccc3N)n2)CCCCC1. The molecule has 0 spiro atoms. The van der Waals surface area contributed by atoms with Gasteiger partial charge >= 0.3 is 0 Å². The first-order chi connectivity index (χ1) is 10.2. The van der Waals surface area contributed by atoms with E-state index >= 15 is 0 Å². The van der Waals surface area contributed by atoms with E-state index in [1.54, 1.807) is 0 Å². The fraction of sp³-hybridized carbons (Fsp3) is 0.500. The number of rotatable bonds is 4. The van der Waals surface area contributed by atoms with E-state index < -0.39 is 5.60 Å². The third-order valence-corrected chi connectivity index (χ3v) is 4.11. The molecule has 1 aromatic carbocycles. The standard InChI is InChI=1S/C16H21N3O2/c1-2-20-16(10-6-3-7-11-16)15-18-14(21-19-15)12-8-4-5-9-13(12)17/h4-5,8-9H,2-3,6-7,10-11,17H2,1H3. The van der Waals surface area contributed by atoms with Crippen LogP contribution in [-0.4, -0.2) is 16.7 Å². The van der Waals surface area contributed by atoms with Gasteiger partial charge in [0.15, 0.2) is 0 Å². The molecule has 1 saturated carbocycles. The molecule has 1 aromatic heterocycles. The Bertz CT molecular complexity index is 598. The molecule has 0 radical (unpaired) electrons. The van der Waals surface area contributed by atoms with Crippen molar-refractivity contribution >= 4 is 5.69 Å². The largest absolute Gasteiger partial charge is 0.398 e. The molecule has 5 nitrogen and oxygen atoms in total. The molecule has 0 unspecified atom stereocenters. The first-order valence-electron chi connectivity index (χ1n) is 7.58. The highest BCUT2D eigenvalue weighted by atomic mass is 16.5. The highest BCUT2D eigenvalue weighted by Crippen LogP contribution is 2.40. The van der Waals surface area contributed by atoms with Gasteiger partial charge in [-0.2, -0.15) is 4.98 Å². The minimum absolute atomic E-state index is 0.391. The Morgan fingerprint density at radius 3 is 2.71 bits per heavy atom. The average Bonchev–Trinajstić information content (AvgIpc) is 2.99. The zero-order chi connectivity index (χ0) is 14.7. The summed E-state index contributed by atoms with van der Waals surface area (Å²) in [7, 11) is 0. The topological polar surface area (TPSA) is 74.2 Å². The molecule has 0 aliphatic heterocycles. The molecule has 2 N–H and O–H groups in total. The van der Waals surface area contributed by atoms with Crippen LogP contribution in [0.1, 0.15) is 44.9 Å². The minimum atomic E-state index is -0.391. The Labute approximate surface area is 124 Å². The fourth-order valence-electron chi connectivity index (χ4n) is 3.04. The number of para-hydroxylation sites is 1. The van der Waals surface area contributed by atoms with Crippen molar-refractivity contribution in [2.24, 2.45) is 0 Å². The van der Waals surface area contributed by atoms with Crippen molar-refractivity contribution in [1.82, 2.24) is 10.1 Å². The molecule has 1 heterocycles. The second-order valence-electron chi connectivity index (χ2n) is 5.50. The molecule has 0 atom stereocenters. The smallest absolute Gasteiger partial charge is 0.260 e. The Morgan fingerprint density at radius 2 is 2.00 bits per heavy atom. The van der Waals surface area contributed by atoms with Crippen LogP contribution in [-0.2, 0) is 10.3 Å². The fourth-order valence-corrected chi connectivity index (χ4v) is 3.04. The first kappa shape index (κ1) is 14.1. The second kappa shape index (κ2) is 5.85. The molecule has 0 amide bonds. The quantitative estimate of drug-likeness (QED) is 0.871. The molecule has 3 rings (SSSR count). The van der Waals surface area contributed by atoms with Crippen LogP contribution in [0.5, 0.6) is 0 Å². The van der Waals surface area contributed by atoms with Gasteiger partial charge in [0.25, 0.3) is 5.89 Å². The van der Waals surface area contributed by atoms with Crippen molar-refractivity contribution < 1.29 is 9.26 Å². The van der Waals surface area contributed by atoms with Gasteiger partial charge in [-0.3, -0.25) is 0 Å².